The summed E-state index contributed by atoms with van der Waals surface area (Å²) in [7, 11) is 0. The lowest BCUT2D eigenvalue weighted by molar-refractivity contribution is -0.115. The molecule has 0 saturated carbocycles. The predicted octanol–water partition coefficient (Wildman–Crippen LogP) is 5.03. The maximum absolute atomic E-state index is 12.4. The van der Waals surface area contributed by atoms with Crippen LogP contribution in [0.15, 0.2) is 29.6 Å². The summed E-state index contributed by atoms with van der Waals surface area (Å²) in [6.45, 7) is 8.47. The van der Waals surface area contributed by atoms with E-state index in [-0.39, 0.29) is 12.3 Å². The van der Waals surface area contributed by atoms with Gasteiger partial charge in [-0.15, -0.1) is 11.3 Å². The second-order valence-electron chi connectivity index (χ2n) is 7.06. The Morgan fingerprint density at radius 1 is 1.18 bits per heavy atom. The van der Waals surface area contributed by atoms with E-state index in [0.29, 0.717) is 0 Å². The van der Waals surface area contributed by atoms with Crippen molar-refractivity contribution in [1.82, 2.24) is 14.8 Å². The van der Waals surface area contributed by atoms with Gasteiger partial charge in [-0.2, -0.15) is 5.10 Å². The molecular weight excluding hydrogens is 368 g/mol. The first-order valence-corrected chi connectivity index (χ1v) is 10.8. The minimum atomic E-state index is -0.0573. The molecule has 0 unspecified atom stereocenters. The maximum Gasteiger partial charge on any atom is 0.230 e. The molecule has 1 amide bonds. The number of thiazole rings is 1. The molecule has 0 radical (unpaired) electrons. The molecule has 0 aliphatic rings. The van der Waals surface area contributed by atoms with Gasteiger partial charge in [0.25, 0.3) is 0 Å². The van der Waals surface area contributed by atoms with Crippen LogP contribution in [0.1, 0.15) is 54.9 Å². The Balaban J connectivity index is 1.67. The van der Waals surface area contributed by atoms with E-state index < -0.39 is 0 Å². The summed E-state index contributed by atoms with van der Waals surface area (Å²) in [5, 5.41) is 10.4. The Bertz CT molecular complexity index is 940. The molecule has 148 valence electrons. The Labute approximate surface area is 170 Å². The van der Waals surface area contributed by atoms with Crippen LogP contribution in [-0.2, 0) is 24.1 Å². The molecule has 2 aromatic heterocycles. The quantitative estimate of drug-likeness (QED) is 0.581. The molecule has 2 heterocycles. The molecule has 0 fully saturated rings. The van der Waals surface area contributed by atoms with Crippen molar-refractivity contribution < 1.29 is 4.79 Å². The number of rotatable bonds is 8. The molecule has 0 spiro atoms. The van der Waals surface area contributed by atoms with Crippen LogP contribution >= 0.6 is 11.3 Å². The number of aromatic nitrogens is 3. The van der Waals surface area contributed by atoms with Crippen LogP contribution in [0.4, 0.5) is 5.69 Å². The first-order valence-electron chi connectivity index (χ1n) is 9.90. The largest absolute Gasteiger partial charge is 0.326 e. The zero-order valence-electron chi connectivity index (χ0n) is 17.1. The number of nitrogens with one attached hydrogen (secondary N) is 1. The summed E-state index contributed by atoms with van der Waals surface area (Å²) in [4.78, 5) is 17.0. The molecule has 28 heavy (non-hydrogen) atoms. The van der Waals surface area contributed by atoms with Gasteiger partial charge in [-0.25, -0.2) is 9.67 Å². The Hall–Kier alpha value is -2.47. The molecule has 0 saturated heterocycles. The first-order chi connectivity index (χ1) is 13.5. The van der Waals surface area contributed by atoms with E-state index in [4.69, 9.17) is 0 Å². The minimum absolute atomic E-state index is 0.0573. The molecule has 3 rings (SSSR count). The molecular formula is C22H28N4OS. The summed E-state index contributed by atoms with van der Waals surface area (Å²) >= 11 is 1.53. The second-order valence-corrected chi connectivity index (χ2v) is 7.90. The molecule has 0 aliphatic heterocycles. The lowest BCUT2D eigenvalue weighted by Gasteiger charge is -2.05. The number of benzene rings is 1. The van der Waals surface area contributed by atoms with Gasteiger partial charge >= 0.3 is 0 Å². The third kappa shape index (κ3) is 4.68. The molecule has 0 atom stereocenters. The number of amides is 1. The van der Waals surface area contributed by atoms with Gasteiger partial charge in [0.1, 0.15) is 0 Å². The van der Waals surface area contributed by atoms with Crippen LogP contribution < -0.4 is 5.32 Å². The maximum atomic E-state index is 12.4. The third-order valence-corrected chi connectivity index (χ3v) is 5.79. The summed E-state index contributed by atoms with van der Waals surface area (Å²) in [6.07, 6.45) is 4.62. The molecule has 5 nitrogen and oxygen atoms in total. The van der Waals surface area contributed by atoms with Crippen molar-refractivity contribution in [2.45, 2.75) is 59.8 Å². The van der Waals surface area contributed by atoms with E-state index in [9.17, 15) is 4.79 Å². The molecule has 0 bridgehead atoms. The van der Waals surface area contributed by atoms with Gasteiger partial charge in [0, 0.05) is 16.8 Å². The molecule has 6 heteroatoms. The van der Waals surface area contributed by atoms with Crippen molar-refractivity contribution in [1.29, 1.82) is 0 Å². The number of hydrogen-bond acceptors (Lipinski definition) is 4. The summed E-state index contributed by atoms with van der Waals surface area (Å²) in [6, 6.07) is 7.96. The lowest BCUT2D eigenvalue weighted by Crippen LogP contribution is -2.14. The Morgan fingerprint density at radius 2 is 1.93 bits per heavy atom. The van der Waals surface area contributed by atoms with Gasteiger partial charge in [0.05, 0.1) is 17.8 Å². The normalized spacial score (nSPS) is 11.0. The van der Waals surface area contributed by atoms with Crippen LogP contribution in [-0.4, -0.2) is 20.7 Å². The number of unbranched alkanes of at least 4 members (excludes halogenated alkanes) is 1. The van der Waals surface area contributed by atoms with E-state index in [0.717, 1.165) is 47.2 Å². The summed E-state index contributed by atoms with van der Waals surface area (Å²) in [5.41, 5.74) is 6.36. The van der Waals surface area contributed by atoms with E-state index in [1.54, 1.807) is 0 Å². The average Bonchev–Trinajstić information content (AvgIpc) is 3.25. The highest BCUT2D eigenvalue weighted by molar-refractivity contribution is 7.12. The zero-order chi connectivity index (χ0) is 20.1. The SMILES string of the molecule is CCCCc1c(C)nn(-c2nc(CC(=O)Nc3ccc(CC)cc3)cs2)c1C. The minimum Gasteiger partial charge on any atom is -0.326 e. The van der Waals surface area contributed by atoms with Gasteiger partial charge < -0.3 is 5.32 Å². The fourth-order valence-electron chi connectivity index (χ4n) is 3.24. The van der Waals surface area contributed by atoms with Crippen molar-refractivity contribution in [3.63, 3.8) is 0 Å². The molecule has 3 aromatic rings. The number of carbonyl (C=O) groups excluding carboxylic acids is 1. The van der Waals surface area contributed by atoms with E-state index >= 15 is 0 Å². The average molecular weight is 397 g/mol. The Morgan fingerprint density at radius 3 is 2.61 bits per heavy atom. The van der Waals surface area contributed by atoms with E-state index in [2.05, 4.69) is 43.1 Å². The summed E-state index contributed by atoms with van der Waals surface area (Å²) < 4.78 is 1.91. The van der Waals surface area contributed by atoms with Gasteiger partial charge in [-0.1, -0.05) is 32.4 Å². The standard InChI is InChI=1S/C22H28N4OS/c1-5-7-8-20-15(3)25-26(16(20)4)22-24-19(14-28-22)13-21(27)23-18-11-9-17(6-2)10-12-18/h9-12,14H,5-8,13H2,1-4H3,(H,23,27). The second kappa shape index (κ2) is 9.15. The predicted molar refractivity (Wildman–Crippen MR) is 115 cm³/mol. The lowest BCUT2D eigenvalue weighted by atomic mass is 10.1. The van der Waals surface area contributed by atoms with Gasteiger partial charge in [-0.05, 0) is 56.4 Å². The number of carbonyl (C=O) groups is 1. The number of aryl methyl sites for hydroxylation is 2. The van der Waals surface area contributed by atoms with Crippen molar-refractivity contribution in [2.75, 3.05) is 5.32 Å². The highest BCUT2D eigenvalue weighted by Crippen LogP contribution is 2.22. The van der Waals surface area contributed by atoms with Crippen LogP contribution in [0, 0.1) is 13.8 Å². The van der Waals surface area contributed by atoms with Gasteiger partial charge in [0.2, 0.25) is 11.0 Å². The Kier molecular flexibility index (Phi) is 6.62. The molecule has 1 aromatic carbocycles. The number of hydrogen-bond donors (Lipinski definition) is 1. The zero-order valence-corrected chi connectivity index (χ0v) is 17.9. The monoisotopic (exact) mass is 396 g/mol. The van der Waals surface area contributed by atoms with Crippen molar-refractivity contribution in [3.05, 3.63) is 57.9 Å². The molecule has 0 aliphatic carbocycles. The molecule has 1 N–H and O–H groups in total. The first kappa shape index (κ1) is 20.3. The fourth-order valence-corrected chi connectivity index (χ4v) is 4.07. The highest BCUT2D eigenvalue weighted by atomic mass is 32.1. The van der Waals surface area contributed by atoms with Crippen molar-refractivity contribution in [2.24, 2.45) is 0 Å². The van der Waals surface area contributed by atoms with E-state index in [1.807, 2.05) is 34.3 Å². The number of nitrogens with zero attached hydrogens (tertiary/aromatic N) is 3. The van der Waals surface area contributed by atoms with Crippen LogP contribution in [0.5, 0.6) is 0 Å². The van der Waals surface area contributed by atoms with Crippen LogP contribution in [0.2, 0.25) is 0 Å². The van der Waals surface area contributed by atoms with Crippen molar-refractivity contribution in [3.8, 4) is 5.13 Å². The van der Waals surface area contributed by atoms with Crippen LogP contribution in [0.25, 0.3) is 5.13 Å². The topological polar surface area (TPSA) is 59.8 Å². The van der Waals surface area contributed by atoms with Crippen LogP contribution in [0.3, 0.4) is 0 Å². The smallest absolute Gasteiger partial charge is 0.230 e. The highest BCUT2D eigenvalue weighted by Gasteiger charge is 2.16. The fraction of sp³-hybridized carbons (Fsp3) is 0.409. The van der Waals surface area contributed by atoms with Gasteiger partial charge in [0.15, 0.2) is 0 Å². The third-order valence-electron chi connectivity index (χ3n) is 4.93. The number of anilines is 1. The van der Waals surface area contributed by atoms with Crippen molar-refractivity contribution >= 4 is 22.9 Å². The summed E-state index contributed by atoms with van der Waals surface area (Å²) in [5.74, 6) is -0.0573. The van der Waals surface area contributed by atoms with E-state index in [1.165, 1.54) is 28.9 Å². The van der Waals surface area contributed by atoms with Gasteiger partial charge in [-0.3, -0.25) is 4.79 Å².